The predicted molar refractivity (Wildman–Crippen MR) is 46.5 cm³/mol. The van der Waals surface area contributed by atoms with Gasteiger partial charge in [0.15, 0.2) is 5.58 Å². The van der Waals surface area contributed by atoms with Crippen LogP contribution in [0.2, 0.25) is 0 Å². The van der Waals surface area contributed by atoms with Crippen molar-refractivity contribution in [2.24, 2.45) is 0 Å². The summed E-state index contributed by atoms with van der Waals surface area (Å²) in [6.07, 6.45) is 0. The first-order chi connectivity index (χ1) is 6.33. The van der Waals surface area contributed by atoms with Gasteiger partial charge in [-0.15, -0.1) is 0 Å². The number of oxazole rings is 1. The lowest BCUT2D eigenvalue weighted by Crippen LogP contribution is -1.80. The van der Waals surface area contributed by atoms with Crippen LogP contribution < -0.4 is 4.74 Å². The molecule has 1 N–H and O–H groups in total. The first-order valence-electron chi connectivity index (χ1n) is 3.88. The maximum absolute atomic E-state index is 8.78. The Bertz CT molecular complexity index is 420. The van der Waals surface area contributed by atoms with Crippen molar-refractivity contribution < 1.29 is 14.3 Å². The number of hydrogen-bond donors (Lipinski definition) is 1. The third-order valence-corrected chi connectivity index (χ3v) is 1.78. The molecule has 2 rings (SSSR count). The number of fused-ring (bicyclic) bond motifs is 1. The van der Waals surface area contributed by atoms with Crippen molar-refractivity contribution >= 4 is 11.1 Å². The van der Waals surface area contributed by atoms with Crippen LogP contribution in [0.15, 0.2) is 22.6 Å². The van der Waals surface area contributed by atoms with Crippen LogP contribution in [0.3, 0.4) is 0 Å². The van der Waals surface area contributed by atoms with Gasteiger partial charge in [-0.1, -0.05) is 0 Å². The fraction of sp³-hybridized carbons (Fsp3) is 0.222. The fourth-order valence-corrected chi connectivity index (χ4v) is 1.15. The van der Waals surface area contributed by atoms with Crippen LogP contribution in [0.4, 0.5) is 0 Å². The van der Waals surface area contributed by atoms with E-state index in [2.05, 4.69) is 4.98 Å². The van der Waals surface area contributed by atoms with E-state index in [9.17, 15) is 0 Å². The van der Waals surface area contributed by atoms with Crippen LogP contribution in [-0.4, -0.2) is 17.2 Å². The zero-order valence-corrected chi connectivity index (χ0v) is 7.15. The summed E-state index contributed by atoms with van der Waals surface area (Å²) in [5.74, 6) is 1.04. The molecule has 0 saturated heterocycles. The number of aromatic nitrogens is 1. The Balaban J connectivity index is 2.57. The molecule has 0 aliphatic heterocycles. The SMILES string of the molecule is COc1ccc2nc(CO)oc2c1. The smallest absolute Gasteiger partial charge is 0.221 e. The summed E-state index contributed by atoms with van der Waals surface area (Å²) in [4.78, 5) is 4.03. The van der Waals surface area contributed by atoms with E-state index in [0.717, 1.165) is 5.52 Å². The highest BCUT2D eigenvalue weighted by molar-refractivity contribution is 5.74. The topological polar surface area (TPSA) is 55.5 Å². The van der Waals surface area contributed by atoms with Gasteiger partial charge in [0, 0.05) is 6.07 Å². The lowest BCUT2D eigenvalue weighted by atomic mass is 10.3. The quantitative estimate of drug-likeness (QED) is 0.755. The number of ether oxygens (including phenoxy) is 1. The Hall–Kier alpha value is -1.55. The Morgan fingerprint density at radius 2 is 2.38 bits per heavy atom. The summed E-state index contributed by atoms with van der Waals surface area (Å²) in [5, 5.41) is 8.78. The molecule has 0 spiro atoms. The van der Waals surface area contributed by atoms with Crippen LogP contribution in [0.25, 0.3) is 11.1 Å². The first-order valence-corrected chi connectivity index (χ1v) is 3.88. The van der Waals surface area contributed by atoms with E-state index in [1.807, 2.05) is 0 Å². The number of nitrogens with zero attached hydrogens (tertiary/aromatic N) is 1. The first kappa shape index (κ1) is 8.07. The average Bonchev–Trinajstić information content (AvgIpc) is 2.58. The molecule has 0 saturated carbocycles. The number of benzene rings is 1. The highest BCUT2D eigenvalue weighted by Gasteiger charge is 2.04. The molecule has 1 aromatic carbocycles. The summed E-state index contributed by atoms with van der Waals surface area (Å²) in [5.41, 5.74) is 1.35. The van der Waals surface area contributed by atoms with E-state index < -0.39 is 0 Å². The van der Waals surface area contributed by atoms with Gasteiger partial charge in [0.25, 0.3) is 0 Å². The summed E-state index contributed by atoms with van der Waals surface area (Å²) in [6, 6.07) is 5.32. The van der Waals surface area contributed by atoms with E-state index in [1.54, 1.807) is 25.3 Å². The molecular formula is C9H9NO3. The molecule has 4 nitrogen and oxygen atoms in total. The normalized spacial score (nSPS) is 10.6. The molecule has 0 unspecified atom stereocenters. The van der Waals surface area contributed by atoms with Crippen molar-refractivity contribution in [3.05, 3.63) is 24.1 Å². The summed E-state index contributed by atoms with van der Waals surface area (Å²) >= 11 is 0. The van der Waals surface area contributed by atoms with Gasteiger partial charge in [-0.2, -0.15) is 0 Å². The molecule has 0 bridgehead atoms. The lowest BCUT2D eigenvalue weighted by molar-refractivity contribution is 0.244. The molecule has 0 aliphatic carbocycles. The Morgan fingerprint density at radius 3 is 3.08 bits per heavy atom. The fourth-order valence-electron chi connectivity index (χ4n) is 1.15. The molecule has 0 fully saturated rings. The van der Waals surface area contributed by atoms with Crippen LogP contribution in [0, 0.1) is 0 Å². The molecule has 0 amide bonds. The number of aliphatic hydroxyl groups is 1. The summed E-state index contributed by atoms with van der Waals surface area (Å²) in [7, 11) is 1.59. The van der Waals surface area contributed by atoms with Gasteiger partial charge >= 0.3 is 0 Å². The van der Waals surface area contributed by atoms with E-state index >= 15 is 0 Å². The van der Waals surface area contributed by atoms with Crippen LogP contribution >= 0.6 is 0 Å². The third kappa shape index (κ3) is 1.36. The van der Waals surface area contributed by atoms with E-state index in [1.165, 1.54) is 0 Å². The molecule has 13 heavy (non-hydrogen) atoms. The molecule has 2 aromatic rings. The van der Waals surface area contributed by atoms with Crippen molar-refractivity contribution in [2.45, 2.75) is 6.61 Å². The lowest BCUT2D eigenvalue weighted by Gasteiger charge is -1.95. The highest BCUT2D eigenvalue weighted by atomic mass is 16.5. The number of aliphatic hydroxyl groups excluding tert-OH is 1. The van der Waals surface area contributed by atoms with E-state index in [4.69, 9.17) is 14.3 Å². The van der Waals surface area contributed by atoms with Gasteiger partial charge in [-0.05, 0) is 12.1 Å². The highest BCUT2D eigenvalue weighted by Crippen LogP contribution is 2.21. The van der Waals surface area contributed by atoms with Crippen molar-refractivity contribution in [1.29, 1.82) is 0 Å². The minimum atomic E-state index is -0.184. The average molecular weight is 179 g/mol. The number of hydrogen-bond acceptors (Lipinski definition) is 4. The van der Waals surface area contributed by atoms with Crippen molar-refractivity contribution in [3.8, 4) is 5.75 Å². The summed E-state index contributed by atoms with van der Waals surface area (Å²) < 4.78 is 10.2. The van der Waals surface area contributed by atoms with Crippen LogP contribution in [0.5, 0.6) is 5.75 Å². The Morgan fingerprint density at radius 1 is 1.54 bits per heavy atom. The molecule has 68 valence electrons. The van der Waals surface area contributed by atoms with E-state index in [0.29, 0.717) is 17.2 Å². The number of methoxy groups -OCH3 is 1. The molecule has 0 aliphatic rings. The standard InChI is InChI=1S/C9H9NO3/c1-12-6-2-3-7-8(4-6)13-9(5-11)10-7/h2-4,11H,5H2,1H3. The molecule has 1 heterocycles. The monoisotopic (exact) mass is 179 g/mol. The van der Waals surface area contributed by atoms with Gasteiger partial charge in [0.1, 0.15) is 17.9 Å². The predicted octanol–water partition coefficient (Wildman–Crippen LogP) is 1.33. The molecule has 0 radical (unpaired) electrons. The zero-order chi connectivity index (χ0) is 9.26. The van der Waals surface area contributed by atoms with Crippen molar-refractivity contribution in [3.63, 3.8) is 0 Å². The number of rotatable bonds is 2. The minimum Gasteiger partial charge on any atom is -0.497 e. The van der Waals surface area contributed by atoms with Crippen LogP contribution in [-0.2, 0) is 6.61 Å². The molecule has 0 atom stereocenters. The Kier molecular flexibility index (Phi) is 1.90. The maximum atomic E-state index is 8.78. The molecular weight excluding hydrogens is 170 g/mol. The van der Waals surface area contributed by atoms with Crippen molar-refractivity contribution in [2.75, 3.05) is 7.11 Å². The Labute approximate surface area is 74.8 Å². The second kappa shape index (κ2) is 3.06. The summed E-state index contributed by atoms with van der Waals surface area (Å²) in [6.45, 7) is -0.184. The van der Waals surface area contributed by atoms with Gasteiger partial charge in [-0.3, -0.25) is 0 Å². The second-order valence-electron chi connectivity index (χ2n) is 2.60. The molecule has 4 heteroatoms. The maximum Gasteiger partial charge on any atom is 0.221 e. The van der Waals surface area contributed by atoms with Crippen LogP contribution in [0.1, 0.15) is 5.89 Å². The third-order valence-electron chi connectivity index (χ3n) is 1.78. The van der Waals surface area contributed by atoms with E-state index in [-0.39, 0.29) is 6.61 Å². The zero-order valence-electron chi connectivity index (χ0n) is 7.15. The van der Waals surface area contributed by atoms with Gasteiger partial charge in [-0.25, -0.2) is 4.98 Å². The van der Waals surface area contributed by atoms with Gasteiger partial charge < -0.3 is 14.3 Å². The minimum absolute atomic E-state index is 0.184. The molecule has 1 aromatic heterocycles. The van der Waals surface area contributed by atoms with Gasteiger partial charge in [0.2, 0.25) is 5.89 Å². The van der Waals surface area contributed by atoms with Gasteiger partial charge in [0.05, 0.1) is 7.11 Å². The van der Waals surface area contributed by atoms with Crippen molar-refractivity contribution in [1.82, 2.24) is 4.98 Å². The largest absolute Gasteiger partial charge is 0.497 e. The second-order valence-corrected chi connectivity index (χ2v) is 2.60.